The summed E-state index contributed by atoms with van der Waals surface area (Å²) in [6.07, 6.45) is -4.48. The van der Waals surface area contributed by atoms with E-state index in [1.807, 2.05) is 0 Å². The van der Waals surface area contributed by atoms with Crippen LogP contribution in [0, 0.1) is 0 Å². The molecule has 0 atom stereocenters. The molecule has 0 radical (unpaired) electrons. The van der Waals surface area contributed by atoms with Gasteiger partial charge in [0.15, 0.2) is 0 Å². The first-order valence-corrected chi connectivity index (χ1v) is 11.0. The second kappa shape index (κ2) is 8.40. The third-order valence-corrected chi connectivity index (χ3v) is 7.64. The van der Waals surface area contributed by atoms with Gasteiger partial charge in [0.25, 0.3) is 10.0 Å². The fourth-order valence-corrected chi connectivity index (χ4v) is 5.85. The lowest BCUT2D eigenvalue weighted by Crippen LogP contribution is -2.34. The van der Waals surface area contributed by atoms with Crippen LogP contribution in [0.2, 0.25) is 5.02 Å². The van der Waals surface area contributed by atoms with Gasteiger partial charge in [0.1, 0.15) is 9.83 Å². The fraction of sp³-hybridized carbons (Fsp3) is 0.222. The summed E-state index contributed by atoms with van der Waals surface area (Å²) in [5, 5.41) is 0.374. The lowest BCUT2D eigenvalue weighted by Gasteiger charge is -2.24. The molecule has 3 aromatic rings. The summed E-state index contributed by atoms with van der Waals surface area (Å²) in [4.78, 5) is 15.7. The van der Waals surface area contributed by atoms with Crippen molar-refractivity contribution in [3.05, 3.63) is 53.2 Å². The Morgan fingerprint density at radius 1 is 1.23 bits per heavy atom. The van der Waals surface area contributed by atoms with E-state index >= 15 is 0 Å². The number of alkyl halides is 3. The highest BCUT2D eigenvalue weighted by Crippen LogP contribution is 2.43. The molecule has 0 spiro atoms. The minimum atomic E-state index is -4.58. The van der Waals surface area contributed by atoms with Gasteiger partial charge in [-0.1, -0.05) is 22.9 Å². The summed E-state index contributed by atoms with van der Waals surface area (Å²) in [6, 6.07) is 7.88. The number of methoxy groups -OCH3 is 1. The Morgan fingerprint density at radius 3 is 2.47 bits per heavy atom. The molecule has 1 aromatic carbocycles. The minimum absolute atomic E-state index is 0.0000282. The molecule has 0 bridgehead atoms. The van der Waals surface area contributed by atoms with Gasteiger partial charge in [0.05, 0.1) is 29.0 Å². The van der Waals surface area contributed by atoms with E-state index in [4.69, 9.17) is 11.6 Å². The molecule has 160 valence electrons. The molecule has 0 aliphatic heterocycles. The van der Waals surface area contributed by atoms with E-state index in [2.05, 4.69) is 9.72 Å². The minimum Gasteiger partial charge on any atom is -0.465 e. The maximum Gasteiger partial charge on any atom is 0.390 e. The number of benzene rings is 1. The predicted molar refractivity (Wildman–Crippen MR) is 108 cm³/mol. The van der Waals surface area contributed by atoms with E-state index in [9.17, 15) is 26.4 Å². The molecule has 0 saturated heterocycles. The Kier molecular flexibility index (Phi) is 6.25. The molecule has 0 aliphatic rings. The van der Waals surface area contributed by atoms with Crippen molar-refractivity contribution in [3.63, 3.8) is 0 Å². The molecule has 0 amide bonds. The summed E-state index contributed by atoms with van der Waals surface area (Å²) in [6.45, 7) is -0.864. The van der Waals surface area contributed by atoms with Gasteiger partial charge < -0.3 is 4.74 Å². The van der Waals surface area contributed by atoms with Gasteiger partial charge in [0.2, 0.25) is 0 Å². The maximum absolute atomic E-state index is 13.2. The molecule has 0 N–H and O–H groups in total. The largest absolute Gasteiger partial charge is 0.465 e. The first-order chi connectivity index (χ1) is 14.0. The zero-order valence-corrected chi connectivity index (χ0v) is 17.7. The van der Waals surface area contributed by atoms with E-state index in [1.165, 1.54) is 25.4 Å². The number of hydrogen-bond donors (Lipinski definition) is 0. The van der Waals surface area contributed by atoms with Crippen LogP contribution in [0.1, 0.15) is 16.8 Å². The number of carbonyl (C=O) groups is 1. The first-order valence-electron chi connectivity index (χ1n) is 8.35. The van der Waals surface area contributed by atoms with Gasteiger partial charge in [-0.25, -0.2) is 18.2 Å². The number of aromatic nitrogens is 1. The SMILES string of the molecule is COC(=O)c1ccc(S(=O)(=O)N(CCC(F)(F)F)c2sc3ncccc3c2Cl)cc1. The molecular formula is C18H14ClF3N2O4S2. The lowest BCUT2D eigenvalue weighted by molar-refractivity contribution is -0.131. The molecule has 3 rings (SSSR count). The van der Waals surface area contributed by atoms with E-state index in [0.717, 1.165) is 23.5 Å². The molecule has 0 aliphatic carbocycles. The van der Waals surface area contributed by atoms with Gasteiger partial charge in [-0.2, -0.15) is 13.2 Å². The van der Waals surface area contributed by atoms with Crippen LogP contribution >= 0.6 is 22.9 Å². The Labute approximate surface area is 178 Å². The highest BCUT2D eigenvalue weighted by atomic mass is 35.5. The summed E-state index contributed by atoms with van der Waals surface area (Å²) >= 11 is 7.18. The van der Waals surface area contributed by atoms with Crippen molar-refractivity contribution >= 4 is 54.1 Å². The second-order valence-corrected chi connectivity index (χ2v) is 9.25. The van der Waals surface area contributed by atoms with Crippen LogP contribution in [0.4, 0.5) is 18.2 Å². The van der Waals surface area contributed by atoms with Gasteiger partial charge in [-0.05, 0) is 36.4 Å². The zero-order chi connectivity index (χ0) is 22.1. The number of carbonyl (C=O) groups excluding carboxylic acids is 1. The Balaban J connectivity index is 2.08. The van der Waals surface area contributed by atoms with E-state index in [-0.39, 0.29) is 20.5 Å². The number of ether oxygens (including phenoxy) is 1. The van der Waals surface area contributed by atoms with Crippen molar-refractivity contribution < 1.29 is 31.1 Å². The van der Waals surface area contributed by atoms with Gasteiger partial charge in [-0.3, -0.25) is 4.31 Å². The summed E-state index contributed by atoms with van der Waals surface area (Å²) in [5.74, 6) is -0.675. The number of thiophene rings is 1. The van der Waals surface area contributed by atoms with Crippen molar-refractivity contribution in [1.29, 1.82) is 0 Å². The van der Waals surface area contributed by atoms with Crippen LogP contribution in [-0.2, 0) is 14.8 Å². The number of hydrogen-bond acceptors (Lipinski definition) is 6. The first kappa shape index (κ1) is 22.3. The Hall–Kier alpha value is -2.37. The Morgan fingerprint density at radius 2 is 1.90 bits per heavy atom. The summed E-state index contributed by atoms with van der Waals surface area (Å²) in [7, 11) is -3.25. The topological polar surface area (TPSA) is 76.6 Å². The third-order valence-electron chi connectivity index (χ3n) is 4.08. The molecular weight excluding hydrogens is 465 g/mol. The number of sulfonamides is 1. The van der Waals surface area contributed by atoms with Crippen molar-refractivity contribution in [2.24, 2.45) is 0 Å². The summed E-state index contributed by atoms with van der Waals surface area (Å²) < 4.78 is 70.3. The molecule has 12 heteroatoms. The van der Waals surface area contributed by atoms with Gasteiger partial charge >= 0.3 is 12.1 Å². The van der Waals surface area contributed by atoms with Crippen molar-refractivity contribution in [1.82, 2.24) is 4.98 Å². The highest BCUT2D eigenvalue weighted by Gasteiger charge is 2.34. The van der Waals surface area contributed by atoms with Crippen molar-refractivity contribution in [3.8, 4) is 0 Å². The quantitative estimate of drug-likeness (QED) is 0.472. The number of esters is 1. The van der Waals surface area contributed by atoms with Crippen LogP contribution in [0.15, 0.2) is 47.5 Å². The number of nitrogens with zero attached hydrogens (tertiary/aromatic N) is 2. The average molecular weight is 479 g/mol. The predicted octanol–water partition coefficient (Wildman–Crippen LogP) is 4.88. The van der Waals surface area contributed by atoms with Crippen LogP contribution in [0.3, 0.4) is 0 Å². The number of halogens is 4. The van der Waals surface area contributed by atoms with Crippen LogP contribution in [0.25, 0.3) is 10.2 Å². The number of fused-ring (bicyclic) bond motifs is 1. The fourth-order valence-electron chi connectivity index (χ4n) is 2.62. The second-order valence-electron chi connectivity index (χ2n) is 6.04. The lowest BCUT2D eigenvalue weighted by atomic mass is 10.2. The molecule has 0 unspecified atom stereocenters. The zero-order valence-electron chi connectivity index (χ0n) is 15.3. The van der Waals surface area contributed by atoms with Crippen LogP contribution < -0.4 is 4.31 Å². The van der Waals surface area contributed by atoms with E-state index < -0.39 is 35.1 Å². The normalized spacial score (nSPS) is 12.2. The van der Waals surface area contributed by atoms with Gasteiger partial charge in [0, 0.05) is 18.1 Å². The van der Waals surface area contributed by atoms with Crippen molar-refractivity contribution in [2.75, 3.05) is 18.0 Å². The molecule has 2 aromatic heterocycles. The molecule has 2 heterocycles. The van der Waals surface area contributed by atoms with Crippen molar-refractivity contribution in [2.45, 2.75) is 17.5 Å². The third kappa shape index (κ3) is 4.52. The van der Waals surface area contributed by atoms with Gasteiger partial charge in [-0.15, -0.1) is 0 Å². The summed E-state index contributed by atoms with van der Waals surface area (Å²) in [5.41, 5.74) is 0.0994. The molecule has 6 nitrogen and oxygen atoms in total. The van der Waals surface area contributed by atoms with E-state index in [0.29, 0.717) is 14.5 Å². The Bertz CT molecular complexity index is 1180. The van der Waals surface area contributed by atoms with Crippen LogP contribution in [-0.4, -0.2) is 39.2 Å². The molecule has 0 saturated carbocycles. The number of rotatable bonds is 6. The smallest absolute Gasteiger partial charge is 0.390 e. The molecule has 30 heavy (non-hydrogen) atoms. The molecule has 0 fully saturated rings. The van der Waals surface area contributed by atoms with E-state index in [1.54, 1.807) is 12.1 Å². The average Bonchev–Trinajstić information content (AvgIpc) is 3.03. The standard InChI is InChI=1S/C18H14ClF3N2O4S2/c1-28-17(25)11-4-6-12(7-5-11)30(26,27)24(10-8-18(20,21)22)16-14(19)13-3-2-9-23-15(13)29-16/h2-7,9H,8,10H2,1H3. The highest BCUT2D eigenvalue weighted by molar-refractivity contribution is 7.93. The van der Waals surface area contributed by atoms with Crippen LogP contribution in [0.5, 0.6) is 0 Å². The number of anilines is 1. The monoisotopic (exact) mass is 478 g/mol. The number of pyridine rings is 1. The maximum atomic E-state index is 13.2.